The maximum atomic E-state index is 11.1. The maximum absolute atomic E-state index is 11.1. The Kier molecular flexibility index (Phi) is 2.69. The van der Waals surface area contributed by atoms with Gasteiger partial charge in [0.25, 0.3) is 0 Å². The zero-order valence-corrected chi connectivity index (χ0v) is 11.9. The third-order valence-electron chi connectivity index (χ3n) is 5.98. The van der Waals surface area contributed by atoms with Gasteiger partial charge in [-0.25, -0.2) is 4.98 Å². The lowest BCUT2D eigenvalue weighted by Gasteiger charge is -2.54. The van der Waals surface area contributed by atoms with Gasteiger partial charge in [-0.2, -0.15) is 0 Å². The van der Waals surface area contributed by atoms with Crippen molar-refractivity contribution in [3.05, 3.63) is 17.7 Å². The van der Waals surface area contributed by atoms with Gasteiger partial charge in [-0.1, -0.05) is 0 Å². The number of imidazole rings is 1. The molecular weight excluding hydrogens is 252 g/mol. The van der Waals surface area contributed by atoms with Crippen molar-refractivity contribution >= 4 is 5.97 Å². The van der Waals surface area contributed by atoms with E-state index < -0.39 is 11.9 Å². The first-order valence-electron chi connectivity index (χ1n) is 7.89. The van der Waals surface area contributed by atoms with Gasteiger partial charge in [-0.05, 0) is 62.7 Å². The fourth-order valence-electron chi connectivity index (χ4n) is 5.29. The van der Waals surface area contributed by atoms with E-state index in [-0.39, 0.29) is 0 Å². The number of aromatic nitrogens is 2. The molecule has 0 saturated heterocycles. The molecule has 1 unspecified atom stereocenters. The zero-order chi connectivity index (χ0) is 13.9. The molecule has 5 rings (SSSR count). The number of carbonyl (C=O) groups is 1. The molecule has 2 N–H and O–H groups in total. The van der Waals surface area contributed by atoms with Crippen LogP contribution in [-0.4, -0.2) is 21.0 Å². The molecule has 0 radical (unpaired) electrons. The smallest absolute Gasteiger partial charge is 0.313 e. The molecule has 0 aliphatic heterocycles. The van der Waals surface area contributed by atoms with Crippen molar-refractivity contribution in [2.75, 3.05) is 0 Å². The number of carboxylic acid groups (broad SMARTS) is 1. The Labute approximate surface area is 119 Å². The van der Waals surface area contributed by atoms with Crippen LogP contribution in [0.2, 0.25) is 0 Å². The summed E-state index contributed by atoms with van der Waals surface area (Å²) in [6.45, 7) is 1.70. The van der Waals surface area contributed by atoms with E-state index >= 15 is 0 Å². The molecule has 1 aromatic rings. The Morgan fingerprint density at radius 3 is 2.40 bits per heavy atom. The topological polar surface area (TPSA) is 66.0 Å². The van der Waals surface area contributed by atoms with E-state index in [0.29, 0.717) is 11.7 Å². The van der Waals surface area contributed by atoms with Crippen LogP contribution in [0.3, 0.4) is 0 Å². The molecular formula is C16H22N2O2. The summed E-state index contributed by atoms with van der Waals surface area (Å²) in [6.07, 6.45) is 8.87. The van der Waals surface area contributed by atoms with Gasteiger partial charge in [0.2, 0.25) is 0 Å². The van der Waals surface area contributed by atoms with Crippen molar-refractivity contribution in [3.63, 3.8) is 0 Å². The highest BCUT2D eigenvalue weighted by Crippen LogP contribution is 2.59. The second-order valence-electron chi connectivity index (χ2n) is 7.24. The molecule has 108 valence electrons. The first kappa shape index (κ1) is 12.4. The van der Waals surface area contributed by atoms with Crippen LogP contribution < -0.4 is 0 Å². The summed E-state index contributed by atoms with van der Waals surface area (Å²) in [5, 5.41) is 9.10. The number of hydrogen-bond acceptors (Lipinski definition) is 2. The lowest BCUT2D eigenvalue weighted by Crippen LogP contribution is -2.43. The monoisotopic (exact) mass is 274 g/mol. The summed E-state index contributed by atoms with van der Waals surface area (Å²) < 4.78 is 0. The van der Waals surface area contributed by atoms with E-state index in [1.54, 1.807) is 6.92 Å². The predicted octanol–water partition coefficient (Wildman–Crippen LogP) is 3.14. The highest BCUT2D eigenvalue weighted by Gasteiger charge is 2.49. The third-order valence-corrected chi connectivity index (χ3v) is 5.98. The normalized spacial score (nSPS) is 40.0. The fourth-order valence-corrected chi connectivity index (χ4v) is 5.29. The van der Waals surface area contributed by atoms with Crippen molar-refractivity contribution in [2.45, 2.75) is 50.9 Å². The average Bonchev–Trinajstić information content (AvgIpc) is 2.85. The van der Waals surface area contributed by atoms with Crippen LogP contribution in [0.4, 0.5) is 0 Å². The van der Waals surface area contributed by atoms with Crippen LogP contribution in [0, 0.1) is 23.7 Å². The Morgan fingerprint density at radius 2 is 1.85 bits per heavy atom. The lowest BCUT2D eigenvalue weighted by atomic mass is 9.51. The molecule has 1 aromatic heterocycles. The molecule has 0 aromatic carbocycles. The van der Waals surface area contributed by atoms with Crippen LogP contribution in [0.5, 0.6) is 0 Å². The lowest BCUT2D eigenvalue weighted by molar-refractivity contribution is -0.138. The number of rotatable bonds is 3. The van der Waals surface area contributed by atoms with Gasteiger partial charge in [-0.3, -0.25) is 4.79 Å². The van der Waals surface area contributed by atoms with Gasteiger partial charge in [0.1, 0.15) is 11.7 Å². The molecule has 4 fully saturated rings. The van der Waals surface area contributed by atoms with E-state index in [0.717, 1.165) is 23.7 Å². The second-order valence-corrected chi connectivity index (χ2v) is 7.24. The summed E-state index contributed by atoms with van der Waals surface area (Å²) in [5.41, 5.74) is 1.20. The van der Waals surface area contributed by atoms with Gasteiger partial charge >= 0.3 is 5.97 Å². The Morgan fingerprint density at radius 1 is 1.25 bits per heavy atom. The molecule has 4 aliphatic rings. The molecule has 1 heterocycles. The summed E-state index contributed by atoms with van der Waals surface area (Å²) in [4.78, 5) is 18.7. The van der Waals surface area contributed by atoms with Crippen molar-refractivity contribution < 1.29 is 9.90 Å². The number of nitrogens with zero attached hydrogens (tertiary/aromatic N) is 1. The second kappa shape index (κ2) is 4.34. The first-order chi connectivity index (χ1) is 9.61. The Hall–Kier alpha value is -1.32. The van der Waals surface area contributed by atoms with Crippen molar-refractivity contribution in [3.8, 4) is 0 Å². The highest BCUT2D eigenvalue weighted by molar-refractivity contribution is 5.74. The number of nitrogens with one attached hydrogen (secondary N) is 1. The minimum absolute atomic E-state index is 0.541. The van der Waals surface area contributed by atoms with E-state index in [2.05, 4.69) is 9.97 Å². The van der Waals surface area contributed by atoms with E-state index in [1.165, 1.54) is 37.8 Å². The maximum Gasteiger partial charge on any atom is 0.313 e. The molecule has 4 saturated carbocycles. The van der Waals surface area contributed by atoms with Gasteiger partial charge in [0.15, 0.2) is 0 Å². The number of hydrogen-bond donors (Lipinski definition) is 2. The van der Waals surface area contributed by atoms with Crippen LogP contribution in [0.15, 0.2) is 6.20 Å². The number of aromatic amines is 1. The third kappa shape index (κ3) is 1.80. The fraction of sp³-hybridized carbons (Fsp3) is 0.750. The van der Waals surface area contributed by atoms with E-state index in [1.807, 2.05) is 6.20 Å². The molecule has 0 amide bonds. The van der Waals surface area contributed by atoms with Crippen LogP contribution >= 0.6 is 0 Å². The van der Waals surface area contributed by atoms with E-state index in [9.17, 15) is 4.79 Å². The van der Waals surface area contributed by atoms with E-state index in [4.69, 9.17) is 5.11 Å². The largest absolute Gasteiger partial charge is 0.481 e. The quantitative estimate of drug-likeness (QED) is 0.890. The van der Waals surface area contributed by atoms with Gasteiger partial charge < -0.3 is 10.1 Å². The minimum atomic E-state index is -0.809. The minimum Gasteiger partial charge on any atom is -0.481 e. The average molecular weight is 274 g/mol. The van der Waals surface area contributed by atoms with Gasteiger partial charge in [0.05, 0.1) is 0 Å². The van der Waals surface area contributed by atoms with Gasteiger partial charge in [0, 0.05) is 17.8 Å². The van der Waals surface area contributed by atoms with Crippen molar-refractivity contribution in [2.24, 2.45) is 23.7 Å². The van der Waals surface area contributed by atoms with Gasteiger partial charge in [-0.15, -0.1) is 0 Å². The van der Waals surface area contributed by atoms with Crippen molar-refractivity contribution in [1.29, 1.82) is 0 Å². The number of aliphatic carboxylic acids is 1. The summed E-state index contributed by atoms with van der Waals surface area (Å²) in [5.74, 6) is 3.41. The van der Waals surface area contributed by atoms with Crippen LogP contribution in [0.1, 0.15) is 62.4 Å². The number of carboxylic acids is 1. The highest BCUT2D eigenvalue weighted by atomic mass is 16.4. The summed E-state index contributed by atoms with van der Waals surface area (Å²) in [7, 11) is 0. The zero-order valence-electron chi connectivity index (χ0n) is 11.9. The first-order valence-corrected chi connectivity index (χ1v) is 7.89. The van der Waals surface area contributed by atoms with Crippen molar-refractivity contribution in [1.82, 2.24) is 9.97 Å². The molecule has 4 heteroatoms. The molecule has 4 aliphatic carbocycles. The summed E-state index contributed by atoms with van der Waals surface area (Å²) in [6, 6.07) is 0. The molecule has 1 atom stereocenters. The summed E-state index contributed by atoms with van der Waals surface area (Å²) >= 11 is 0. The Balaban J connectivity index is 1.60. The SMILES string of the molecule is CC(C(=O)O)c1ncc(C2C3CC4CC(C3)CC2C4)[nH]1. The number of H-pyrrole nitrogens is 1. The molecule has 0 spiro atoms. The van der Waals surface area contributed by atoms with Crippen LogP contribution in [-0.2, 0) is 4.79 Å². The standard InChI is InChI=1S/C16H22N2O2/c1-8(16(19)20)15-17-7-13(18-15)14-11-3-9-2-10(5-11)6-12(14)4-9/h7-12,14H,2-6H2,1H3,(H,17,18)(H,19,20). The Bertz CT molecular complexity index is 508. The molecule has 20 heavy (non-hydrogen) atoms. The predicted molar refractivity (Wildman–Crippen MR) is 74.4 cm³/mol. The molecule has 4 bridgehead atoms. The molecule has 4 nitrogen and oxygen atoms in total. The van der Waals surface area contributed by atoms with Crippen LogP contribution in [0.25, 0.3) is 0 Å².